The van der Waals surface area contributed by atoms with Crippen LogP contribution < -0.4 is 0 Å². The average Bonchev–Trinajstić information content (AvgIpc) is 3.93. The zero-order chi connectivity index (χ0) is 43.6. The van der Waals surface area contributed by atoms with Gasteiger partial charge in [-0.05, 0) is 109 Å². The summed E-state index contributed by atoms with van der Waals surface area (Å²) in [6, 6.07) is 87.1. The van der Waals surface area contributed by atoms with Gasteiger partial charge in [0.1, 0.15) is 11.2 Å². The van der Waals surface area contributed by atoms with Crippen molar-refractivity contribution in [3.8, 4) is 67.3 Å². The van der Waals surface area contributed by atoms with E-state index in [9.17, 15) is 0 Å². The lowest BCUT2D eigenvalue weighted by atomic mass is 9.67. The molecule has 13 rings (SSSR count). The lowest BCUT2D eigenvalue weighted by Gasteiger charge is -2.33. The predicted octanol–water partition coefficient (Wildman–Crippen LogP) is 16.2. The van der Waals surface area contributed by atoms with Crippen molar-refractivity contribution in [1.82, 2.24) is 9.97 Å². The Balaban J connectivity index is 1.07. The minimum absolute atomic E-state index is 0.536. The van der Waals surface area contributed by atoms with Gasteiger partial charge in [-0.25, -0.2) is 9.97 Å². The number of para-hydroxylation sites is 1. The molecule has 0 radical (unpaired) electrons. The zero-order valence-corrected chi connectivity index (χ0v) is 35.9. The number of hydrogen-bond acceptors (Lipinski definition) is 3. The van der Waals surface area contributed by atoms with Gasteiger partial charge in [0.25, 0.3) is 0 Å². The zero-order valence-electron chi connectivity index (χ0n) is 35.9. The molecule has 2 heterocycles. The normalized spacial score (nSPS) is 12.7. The van der Waals surface area contributed by atoms with E-state index in [0.29, 0.717) is 5.82 Å². The van der Waals surface area contributed by atoms with Crippen LogP contribution in [0.25, 0.3) is 100.0 Å². The molecule has 0 bridgehead atoms. The van der Waals surface area contributed by atoms with Gasteiger partial charge in [-0.3, -0.25) is 0 Å². The second-order valence-corrected chi connectivity index (χ2v) is 17.2. The summed E-state index contributed by atoms with van der Waals surface area (Å²) in [5.41, 5.74) is 17.8. The van der Waals surface area contributed by atoms with Crippen molar-refractivity contribution in [3.63, 3.8) is 0 Å². The fourth-order valence-corrected chi connectivity index (χ4v) is 10.6. The summed E-state index contributed by atoms with van der Waals surface area (Å²) in [5.74, 6) is 0.674. The fourth-order valence-electron chi connectivity index (χ4n) is 10.6. The third-order valence-corrected chi connectivity index (χ3v) is 13.6. The number of aromatic nitrogens is 2. The monoisotopic (exact) mass is 840 g/mol. The topological polar surface area (TPSA) is 38.9 Å². The largest absolute Gasteiger partial charge is 0.456 e. The van der Waals surface area contributed by atoms with Crippen LogP contribution in [-0.2, 0) is 5.41 Å². The Morgan fingerprint density at radius 3 is 1.71 bits per heavy atom. The molecule has 1 aliphatic carbocycles. The molecule has 2 aromatic heterocycles. The van der Waals surface area contributed by atoms with Crippen molar-refractivity contribution in [2.45, 2.75) is 5.41 Å². The molecular formula is C63H40N2O. The Bertz CT molecular complexity index is 3770. The van der Waals surface area contributed by atoms with Crippen LogP contribution in [0.1, 0.15) is 22.3 Å². The Labute approximate surface area is 383 Å². The van der Waals surface area contributed by atoms with Gasteiger partial charge in [0, 0.05) is 27.5 Å². The molecule has 0 N–H and O–H groups in total. The van der Waals surface area contributed by atoms with Crippen LogP contribution in [0, 0.1) is 0 Å². The first-order valence-corrected chi connectivity index (χ1v) is 22.6. The fraction of sp³-hybridized carbons (Fsp3) is 0.0159. The van der Waals surface area contributed by atoms with Crippen molar-refractivity contribution < 1.29 is 4.42 Å². The molecule has 308 valence electrons. The molecule has 1 aliphatic rings. The number of nitrogens with zero attached hydrogens (tertiary/aromatic N) is 2. The van der Waals surface area contributed by atoms with E-state index < -0.39 is 5.41 Å². The molecule has 0 unspecified atom stereocenters. The van der Waals surface area contributed by atoms with Crippen molar-refractivity contribution in [1.29, 1.82) is 0 Å². The maximum absolute atomic E-state index is 6.29. The van der Waals surface area contributed by atoms with Crippen molar-refractivity contribution >= 4 is 32.7 Å². The van der Waals surface area contributed by atoms with Crippen LogP contribution in [0.2, 0.25) is 0 Å². The van der Waals surface area contributed by atoms with E-state index in [0.717, 1.165) is 66.7 Å². The quantitative estimate of drug-likeness (QED) is 0.160. The van der Waals surface area contributed by atoms with Crippen LogP contribution in [0.15, 0.2) is 247 Å². The van der Waals surface area contributed by atoms with Crippen LogP contribution in [0.3, 0.4) is 0 Å². The van der Waals surface area contributed by atoms with Crippen molar-refractivity contribution in [3.05, 3.63) is 265 Å². The van der Waals surface area contributed by atoms with E-state index >= 15 is 0 Å². The highest BCUT2D eigenvalue weighted by Gasteiger charge is 2.46. The maximum Gasteiger partial charge on any atom is 0.160 e. The van der Waals surface area contributed by atoms with Gasteiger partial charge in [0.05, 0.1) is 16.8 Å². The van der Waals surface area contributed by atoms with Gasteiger partial charge >= 0.3 is 0 Å². The molecule has 12 aromatic rings. The van der Waals surface area contributed by atoms with Gasteiger partial charge in [-0.2, -0.15) is 0 Å². The third kappa shape index (κ3) is 5.98. The molecular weight excluding hydrogens is 801 g/mol. The summed E-state index contributed by atoms with van der Waals surface area (Å²) in [5, 5.41) is 4.60. The minimum atomic E-state index is -0.536. The second-order valence-electron chi connectivity index (χ2n) is 17.2. The van der Waals surface area contributed by atoms with Crippen molar-refractivity contribution in [2.24, 2.45) is 0 Å². The summed E-state index contributed by atoms with van der Waals surface area (Å²) in [6.07, 6.45) is 0. The summed E-state index contributed by atoms with van der Waals surface area (Å²) >= 11 is 0. The first-order chi connectivity index (χ1) is 32.7. The summed E-state index contributed by atoms with van der Waals surface area (Å²) in [7, 11) is 0. The van der Waals surface area contributed by atoms with Gasteiger partial charge in [-0.1, -0.05) is 200 Å². The lowest BCUT2D eigenvalue weighted by molar-refractivity contribution is 0.669. The first-order valence-electron chi connectivity index (χ1n) is 22.6. The standard InChI is InChI=1S/C63H40N2O/c1-4-19-42(20-5-1)62-64-57(40-58(65-62)53-30-17-32-56-61(53)52-28-12-14-31-55(52)63(56,47-22-6-2-7-23-47)48-24-8-3-9-25-48)46-37-44(36-45(38-46)50-29-16-21-41-18-10-11-26-49(41)50)43-34-35-60-54(39-43)51-27-13-15-33-59(51)66-60/h1-40H. The molecule has 0 saturated heterocycles. The summed E-state index contributed by atoms with van der Waals surface area (Å²) in [4.78, 5) is 10.9. The molecule has 0 spiro atoms. The highest BCUT2D eigenvalue weighted by atomic mass is 16.3. The molecule has 3 heteroatoms. The van der Waals surface area contributed by atoms with E-state index in [1.165, 1.54) is 49.7 Å². The third-order valence-electron chi connectivity index (χ3n) is 13.6. The van der Waals surface area contributed by atoms with Gasteiger partial charge in [0.2, 0.25) is 0 Å². The average molecular weight is 841 g/mol. The van der Waals surface area contributed by atoms with Gasteiger partial charge < -0.3 is 4.42 Å². The van der Waals surface area contributed by atoms with Crippen LogP contribution in [-0.4, -0.2) is 9.97 Å². The summed E-state index contributed by atoms with van der Waals surface area (Å²) < 4.78 is 6.29. The highest BCUT2D eigenvalue weighted by molar-refractivity contribution is 6.07. The molecule has 0 saturated carbocycles. The first kappa shape index (κ1) is 37.9. The number of rotatable bonds is 7. The molecule has 0 aliphatic heterocycles. The molecule has 0 amide bonds. The Morgan fingerprint density at radius 2 is 0.894 bits per heavy atom. The van der Waals surface area contributed by atoms with E-state index in [4.69, 9.17) is 14.4 Å². The molecule has 66 heavy (non-hydrogen) atoms. The summed E-state index contributed by atoms with van der Waals surface area (Å²) in [6.45, 7) is 0. The Kier molecular flexibility index (Phi) is 8.75. The highest BCUT2D eigenvalue weighted by Crippen LogP contribution is 2.58. The molecule has 10 aromatic carbocycles. The van der Waals surface area contributed by atoms with E-state index in [2.05, 4.69) is 224 Å². The Morgan fingerprint density at radius 1 is 0.318 bits per heavy atom. The SMILES string of the molecule is c1ccc(-c2nc(-c3cc(-c4ccc5oc6ccccc6c5c4)cc(-c4cccc5ccccc45)c3)cc(-c3cccc4c3-c3ccccc3C4(c3ccccc3)c3ccccc3)n2)cc1. The van der Waals surface area contributed by atoms with Crippen LogP contribution >= 0.6 is 0 Å². The molecule has 0 fully saturated rings. The van der Waals surface area contributed by atoms with E-state index in [1.807, 2.05) is 18.2 Å². The van der Waals surface area contributed by atoms with Crippen molar-refractivity contribution in [2.75, 3.05) is 0 Å². The maximum atomic E-state index is 6.29. The van der Waals surface area contributed by atoms with Gasteiger partial charge in [0.15, 0.2) is 5.82 Å². The molecule has 3 nitrogen and oxygen atoms in total. The Hall–Kier alpha value is -8.66. The number of fused-ring (bicyclic) bond motifs is 7. The number of hydrogen-bond donors (Lipinski definition) is 0. The number of benzene rings is 10. The van der Waals surface area contributed by atoms with E-state index in [-0.39, 0.29) is 0 Å². The lowest BCUT2D eigenvalue weighted by Crippen LogP contribution is -2.28. The second kappa shape index (κ2) is 15.3. The van der Waals surface area contributed by atoms with Crippen LogP contribution in [0.4, 0.5) is 0 Å². The van der Waals surface area contributed by atoms with E-state index in [1.54, 1.807) is 0 Å². The van der Waals surface area contributed by atoms with Gasteiger partial charge in [-0.15, -0.1) is 0 Å². The predicted molar refractivity (Wildman–Crippen MR) is 271 cm³/mol. The molecule has 0 atom stereocenters. The number of furan rings is 1. The minimum Gasteiger partial charge on any atom is -0.456 e. The smallest absolute Gasteiger partial charge is 0.160 e. The van der Waals surface area contributed by atoms with Crippen LogP contribution in [0.5, 0.6) is 0 Å².